The third kappa shape index (κ3) is 3.28. The Labute approximate surface area is 127 Å². The van der Waals surface area contributed by atoms with Gasteiger partial charge in [-0.1, -0.05) is 25.1 Å². The quantitative estimate of drug-likeness (QED) is 0.786. The molecule has 1 aromatic carbocycles. The summed E-state index contributed by atoms with van der Waals surface area (Å²) in [6.07, 6.45) is 4.77. The number of aryl methyl sites for hydroxylation is 2. The van der Waals surface area contributed by atoms with E-state index in [0.717, 1.165) is 29.5 Å². The normalized spacial score (nSPS) is 10.8. The summed E-state index contributed by atoms with van der Waals surface area (Å²) in [4.78, 5) is 4.41. The summed E-state index contributed by atoms with van der Waals surface area (Å²) in [5.74, 6) is 0.895. The number of hydrogen-bond acceptors (Lipinski definition) is 5. The lowest BCUT2D eigenvalue weighted by Crippen LogP contribution is -1.99. The van der Waals surface area contributed by atoms with E-state index in [1.165, 1.54) is 22.7 Å². The maximum Gasteiger partial charge on any atom is 0.202 e. The molecule has 0 fully saturated rings. The van der Waals surface area contributed by atoms with Crippen molar-refractivity contribution >= 4 is 16.7 Å². The highest BCUT2D eigenvalue weighted by atomic mass is 32.1. The van der Waals surface area contributed by atoms with Gasteiger partial charge in [0.05, 0.1) is 6.20 Å². The van der Waals surface area contributed by atoms with E-state index in [4.69, 9.17) is 0 Å². The van der Waals surface area contributed by atoms with Crippen LogP contribution < -0.4 is 5.32 Å². The molecule has 5 nitrogen and oxygen atoms in total. The van der Waals surface area contributed by atoms with Crippen molar-refractivity contribution < 1.29 is 0 Å². The van der Waals surface area contributed by atoms with E-state index in [9.17, 15) is 0 Å². The van der Waals surface area contributed by atoms with Gasteiger partial charge in [-0.2, -0.15) is 9.47 Å². The molecule has 2 aromatic heterocycles. The van der Waals surface area contributed by atoms with E-state index < -0.39 is 0 Å². The Balaban J connectivity index is 1.71. The van der Waals surface area contributed by atoms with Gasteiger partial charge in [0.1, 0.15) is 5.82 Å². The molecule has 0 bridgehead atoms. The first-order chi connectivity index (χ1) is 10.2. The van der Waals surface area contributed by atoms with Gasteiger partial charge in [-0.3, -0.25) is 4.68 Å². The van der Waals surface area contributed by atoms with Gasteiger partial charge < -0.3 is 5.32 Å². The average molecular weight is 299 g/mol. The van der Waals surface area contributed by atoms with Crippen molar-refractivity contribution in [3.05, 3.63) is 48.0 Å². The van der Waals surface area contributed by atoms with Crippen LogP contribution in [0.25, 0.3) is 11.1 Å². The van der Waals surface area contributed by atoms with Crippen LogP contribution in [0.4, 0.5) is 5.13 Å². The summed E-state index contributed by atoms with van der Waals surface area (Å²) in [7, 11) is 1.93. The highest BCUT2D eigenvalue weighted by Gasteiger charge is 2.04. The summed E-state index contributed by atoms with van der Waals surface area (Å²) in [6.45, 7) is 2.80. The molecule has 21 heavy (non-hydrogen) atoms. The molecule has 0 aliphatic carbocycles. The van der Waals surface area contributed by atoms with Crippen LogP contribution in [-0.2, 0) is 20.0 Å². The van der Waals surface area contributed by atoms with E-state index in [1.54, 1.807) is 0 Å². The second-order valence-electron chi connectivity index (χ2n) is 4.83. The Hall–Kier alpha value is -2.21. The van der Waals surface area contributed by atoms with Gasteiger partial charge in [0, 0.05) is 43.3 Å². The Kier molecular flexibility index (Phi) is 3.96. The molecule has 1 N–H and O–H groups in total. The highest BCUT2D eigenvalue weighted by molar-refractivity contribution is 7.09. The van der Waals surface area contributed by atoms with Gasteiger partial charge in [-0.05, 0) is 17.2 Å². The van der Waals surface area contributed by atoms with Gasteiger partial charge in [0.2, 0.25) is 5.13 Å². The first-order valence-electron chi connectivity index (χ1n) is 6.89. The van der Waals surface area contributed by atoms with Crippen molar-refractivity contribution in [2.75, 3.05) is 5.32 Å². The van der Waals surface area contributed by atoms with Crippen molar-refractivity contribution in [2.24, 2.45) is 7.05 Å². The molecule has 0 amide bonds. The summed E-state index contributed by atoms with van der Waals surface area (Å²) < 4.78 is 6.09. The Morgan fingerprint density at radius 2 is 2.19 bits per heavy atom. The summed E-state index contributed by atoms with van der Waals surface area (Å²) in [6, 6.07) is 8.44. The first kappa shape index (κ1) is 13.8. The molecule has 2 heterocycles. The number of benzene rings is 1. The second-order valence-corrected chi connectivity index (χ2v) is 5.58. The first-order valence-corrected chi connectivity index (χ1v) is 7.66. The van der Waals surface area contributed by atoms with Crippen LogP contribution in [0.15, 0.2) is 36.7 Å². The fraction of sp³-hybridized carbons (Fsp3) is 0.267. The van der Waals surface area contributed by atoms with Crippen LogP contribution in [0.2, 0.25) is 0 Å². The van der Waals surface area contributed by atoms with Crippen molar-refractivity contribution in [2.45, 2.75) is 19.9 Å². The fourth-order valence-electron chi connectivity index (χ4n) is 2.08. The molecule has 0 radical (unpaired) electrons. The molecule has 0 spiro atoms. The number of nitrogens with one attached hydrogen (secondary N) is 1. The lowest BCUT2D eigenvalue weighted by molar-refractivity contribution is 0.768. The van der Waals surface area contributed by atoms with Crippen LogP contribution >= 0.6 is 11.5 Å². The van der Waals surface area contributed by atoms with E-state index >= 15 is 0 Å². The Morgan fingerprint density at radius 1 is 1.29 bits per heavy atom. The van der Waals surface area contributed by atoms with Crippen LogP contribution in [0.3, 0.4) is 0 Å². The largest absolute Gasteiger partial charge is 0.356 e. The van der Waals surface area contributed by atoms with Gasteiger partial charge in [-0.15, -0.1) is 0 Å². The third-order valence-corrected chi connectivity index (χ3v) is 3.90. The predicted molar refractivity (Wildman–Crippen MR) is 85.3 cm³/mol. The molecule has 0 aliphatic heterocycles. The SMILES string of the molecule is CCc1nsc(NCc2cccc(-c3cnn(C)c3)c2)n1. The Morgan fingerprint density at radius 3 is 2.90 bits per heavy atom. The van der Waals surface area contributed by atoms with Crippen LogP contribution in [0.5, 0.6) is 0 Å². The molecule has 0 saturated heterocycles. The van der Waals surface area contributed by atoms with Gasteiger partial charge in [0.15, 0.2) is 0 Å². The summed E-state index contributed by atoms with van der Waals surface area (Å²) in [5, 5.41) is 8.41. The Bertz CT molecular complexity index is 731. The van der Waals surface area contributed by atoms with Gasteiger partial charge in [-0.25, -0.2) is 4.98 Å². The third-order valence-electron chi connectivity index (χ3n) is 3.19. The minimum absolute atomic E-state index is 0.743. The molecule has 0 saturated carbocycles. The molecule has 0 aliphatic rings. The second kappa shape index (κ2) is 6.05. The van der Waals surface area contributed by atoms with Crippen molar-refractivity contribution in [1.29, 1.82) is 0 Å². The van der Waals surface area contributed by atoms with Crippen molar-refractivity contribution in [1.82, 2.24) is 19.1 Å². The van der Waals surface area contributed by atoms with E-state index in [2.05, 4.69) is 51.0 Å². The fourth-order valence-corrected chi connectivity index (χ4v) is 2.72. The van der Waals surface area contributed by atoms with E-state index in [1.807, 2.05) is 24.1 Å². The lowest BCUT2D eigenvalue weighted by atomic mass is 10.1. The lowest BCUT2D eigenvalue weighted by Gasteiger charge is -2.04. The summed E-state index contributed by atoms with van der Waals surface area (Å²) >= 11 is 1.41. The van der Waals surface area contributed by atoms with Gasteiger partial charge >= 0.3 is 0 Å². The maximum absolute atomic E-state index is 4.41. The van der Waals surface area contributed by atoms with Gasteiger partial charge in [0.25, 0.3) is 0 Å². The van der Waals surface area contributed by atoms with E-state index in [-0.39, 0.29) is 0 Å². The van der Waals surface area contributed by atoms with Crippen LogP contribution in [-0.4, -0.2) is 19.1 Å². The molecule has 3 rings (SSSR count). The summed E-state index contributed by atoms with van der Waals surface area (Å²) in [5.41, 5.74) is 3.52. The number of aromatic nitrogens is 4. The molecule has 3 aromatic rings. The molecule has 108 valence electrons. The zero-order valence-electron chi connectivity index (χ0n) is 12.1. The smallest absolute Gasteiger partial charge is 0.202 e. The number of anilines is 1. The topological polar surface area (TPSA) is 55.6 Å². The number of nitrogens with zero attached hydrogens (tertiary/aromatic N) is 4. The zero-order valence-corrected chi connectivity index (χ0v) is 12.9. The van der Waals surface area contributed by atoms with E-state index in [0.29, 0.717) is 0 Å². The predicted octanol–water partition coefficient (Wildman–Crippen LogP) is 3.11. The molecular formula is C15H17N5S. The maximum atomic E-state index is 4.41. The number of rotatable bonds is 5. The molecule has 0 atom stereocenters. The minimum atomic E-state index is 0.743. The molecular weight excluding hydrogens is 282 g/mol. The standard InChI is InChI=1S/C15H17N5S/c1-3-14-18-15(21-19-14)16-8-11-5-4-6-12(7-11)13-9-17-20(2)10-13/h4-7,9-10H,3,8H2,1-2H3,(H,16,18,19). The van der Waals surface area contributed by atoms with Crippen LogP contribution in [0, 0.1) is 0 Å². The monoisotopic (exact) mass is 299 g/mol. The van der Waals surface area contributed by atoms with Crippen LogP contribution in [0.1, 0.15) is 18.3 Å². The molecule has 6 heteroatoms. The minimum Gasteiger partial charge on any atom is -0.356 e. The zero-order chi connectivity index (χ0) is 14.7. The number of hydrogen-bond donors (Lipinski definition) is 1. The average Bonchev–Trinajstić information content (AvgIpc) is 3.14. The molecule has 0 unspecified atom stereocenters. The van der Waals surface area contributed by atoms with Crippen molar-refractivity contribution in [3.8, 4) is 11.1 Å². The highest BCUT2D eigenvalue weighted by Crippen LogP contribution is 2.20. The van der Waals surface area contributed by atoms with Crippen molar-refractivity contribution in [3.63, 3.8) is 0 Å².